The number of anilines is 1. The van der Waals surface area contributed by atoms with Gasteiger partial charge in [-0.15, -0.1) is 0 Å². The van der Waals surface area contributed by atoms with Gasteiger partial charge in [-0.05, 0) is 49.9 Å². The van der Waals surface area contributed by atoms with Crippen LogP contribution in [0.4, 0.5) is 5.69 Å². The van der Waals surface area contributed by atoms with E-state index in [1.807, 2.05) is 37.1 Å². The average Bonchev–Trinajstić information content (AvgIpc) is 3.05. The largest absolute Gasteiger partial charge is 0.454 e. The third-order valence-corrected chi connectivity index (χ3v) is 4.66. The molecule has 0 aromatic heterocycles. The highest BCUT2D eigenvalue weighted by Gasteiger charge is 2.20. The van der Waals surface area contributed by atoms with Gasteiger partial charge in [0.25, 0.3) is 0 Å². The number of hydrogen-bond acceptors (Lipinski definition) is 4. The van der Waals surface area contributed by atoms with Crippen LogP contribution in [0.3, 0.4) is 0 Å². The lowest BCUT2D eigenvalue weighted by molar-refractivity contribution is -0.120. The molecule has 0 saturated heterocycles. The van der Waals surface area contributed by atoms with E-state index in [9.17, 15) is 4.79 Å². The van der Waals surface area contributed by atoms with Crippen LogP contribution in [-0.4, -0.2) is 30.7 Å². The Bertz CT molecular complexity index is 798. The number of nitrogens with one attached hydrogen (secondary N) is 1. The number of amides is 1. The zero-order chi connectivity index (χ0) is 18.0. The number of rotatable bonds is 5. The Morgan fingerprint density at radius 2 is 1.96 bits per heavy atom. The van der Waals surface area contributed by atoms with Crippen molar-refractivity contribution >= 4 is 34.8 Å². The maximum atomic E-state index is 12.5. The molecule has 1 aliphatic rings. The van der Waals surface area contributed by atoms with E-state index < -0.39 is 0 Å². The van der Waals surface area contributed by atoms with Crippen molar-refractivity contribution in [2.24, 2.45) is 0 Å². The highest BCUT2D eigenvalue weighted by molar-refractivity contribution is 6.35. The molecule has 1 amide bonds. The van der Waals surface area contributed by atoms with Crippen molar-refractivity contribution in [2.75, 3.05) is 19.2 Å². The number of ether oxygens (including phenoxy) is 2. The van der Waals surface area contributed by atoms with Gasteiger partial charge in [-0.2, -0.15) is 0 Å². The predicted octanol–water partition coefficient (Wildman–Crippen LogP) is 4.18. The normalized spacial score (nSPS) is 13.8. The number of nitrogens with zero attached hydrogens (tertiary/aromatic N) is 1. The number of likely N-dealkylation sites (N-methyl/N-ethyl adjacent to an activating group) is 1. The molecule has 0 radical (unpaired) electrons. The molecule has 1 atom stereocenters. The summed E-state index contributed by atoms with van der Waals surface area (Å²) < 4.78 is 10.7. The average molecular weight is 381 g/mol. The molecule has 2 aromatic rings. The molecule has 3 rings (SSSR count). The van der Waals surface area contributed by atoms with E-state index in [1.54, 1.807) is 18.2 Å². The number of carbonyl (C=O) groups excluding carboxylic acids is 1. The fraction of sp³-hybridized carbons (Fsp3) is 0.278. The second kappa shape index (κ2) is 7.52. The highest BCUT2D eigenvalue weighted by Crippen LogP contribution is 2.33. The Kier molecular flexibility index (Phi) is 5.37. The monoisotopic (exact) mass is 380 g/mol. The van der Waals surface area contributed by atoms with Crippen molar-refractivity contribution in [3.8, 4) is 11.5 Å². The minimum Gasteiger partial charge on any atom is -0.454 e. The molecule has 132 valence electrons. The van der Waals surface area contributed by atoms with Gasteiger partial charge in [0.1, 0.15) is 0 Å². The Morgan fingerprint density at radius 1 is 1.20 bits per heavy atom. The van der Waals surface area contributed by atoms with Crippen molar-refractivity contribution in [2.45, 2.75) is 19.5 Å². The molecule has 25 heavy (non-hydrogen) atoms. The van der Waals surface area contributed by atoms with Crippen molar-refractivity contribution in [1.82, 2.24) is 4.90 Å². The number of halogens is 2. The molecule has 1 N–H and O–H groups in total. The van der Waals surface area contributed by atoms with E-state index in [4.69, 9.17) is 32.7 Å². The summed E-state index contributed by atoms with van der Waals surface area (Å²) in [6.45, 7) is 2.67. The molecular weight excluding hydrogens is 363 g/mol. The number of carbonyl (C=O) groups is 1. The topological polar surface area (TPSA) is 50.8 Å². The van der Waals surface area contributed by atoms with Crippen LogP contribution in [0.15, 0.2) is 36.4 Å². The fourth-order valence-corrected chi connectivity index (χ4v) is 2.83. The minimum absolute atomic E-state index is 0.160. The van der Waals surface area contributed by atoms with Gasteiger partial charge >= 0.3 is 0 Å². The van der Waals surface area contributed by atoms with Crippen LogP contribution in [0.2, 0.25) is 10.0 Å². The third-order valence-electron chi connectivity index (χ3n) is 4.10. The molecule has 7 heteroatoms. The zero-order valence-corrected chi connectivity index (χ0v) is 15.4. The lowest BCUT2D eigenvalue weighted by Gasteiger charge is -2.24. The van der Waals surface area contributed by atoms with Crippen molar-refractivity contribution in [1.29, 1.82) is 0 Å². The van der Waals surface area contributed by atoms with Gasteiger partial charge in [-0.3, -0.25) is 9.69 Å². The first kappa shape index (κ1) is 17.9. The SMILES string of the molecule is CC(C(=O)Nc1cc(Cl)ccc1Cl)N(C)Cc1ccc2c(c1)OCO2. The molecule has 0 saturated carbocycles. The van der Waals surface area contributed by atoms with E-state index in [1.165, 1.54) is 0 Å². The summed E-state index contributed by atoms with van der Waals surface area (Å²) >= 11 is 12.0. The van der Waals surface area contributed by atoms with Crippen molar-refractivity contribution < 1.29 is 14.3 Å². The van der Waals surface area contributed by atoms with Gasteiger partial charge in [-0.25, -0.2) is 0 Å². The standard InChI is InChI=1S/C18H18Cl2N2O3/c1-11(18(23)21-15-8-13(19)4-5-14(15)20)22(2)9-12-3-6-16-17(7-12)25-10-24-16/h3-8,11H,9-10H2,1-2H3,(H,21,23). The summed E-state index contributed by atoms with van der Waals surface area (Å²) in [5.74, 6) is 1.31. The molecule has 0 spiro atoms. The summed E-state index contributed by atoms with van der Waals surface area (Å²) in [5.41, 5.74) is 1.54. The second-order valence-corrected chi connectivity index (χ2v) is 6.74. The summed E-state index contributed by atoms with van der Waals surface area (Å²) in [5, 5.41) is 3.78. The second-order valence-electron chi connectivity index (χ2n) is 5.89. The summed E-state index contributed by atoms with van der Waals surface area (Å²) in [6.07, 6.45) is 0. The van der Waals surface area contributed by atoms with Crippen LogP contribution >= 0.6 is 23.2 Å². The van der Waals surface area contributed by atoms with Crippen LogP contribution < -0.4 is 14.8 Å². The van der Waals surface area contributed by atoms with Gasteiger partial charge in [0.2, 0.25) is 12.7 Å². The van der Waals surface area contributed by atoms with Gasteiger partial charge in [0.05, 0.1) is 16.8 Å². The first-order valence-electron chi connectivity index (χ1n) is 7.78. The maximum Gasteiger partial charge on any atom is 0.241 e. The van der Waals surface area contributed by atoms with Crippen LogP contribution in [0.5, 0.6) is 11.5 Å². The Balaban J connectivity index is 1.64. The zero-order valence-electron chi connectivity index (χ0n) is 13.9. The van der Waals surface area contributed by atoms with Crippen LogP contribution in [-0.2, 0) is 11.3 Å². The third kappa shape index (κ3) is 4.18. The molecule has 1 aliphatic heterocycles. The summed E-state index contributed by atoms with van der Waals surface area (Å²) in [4.78, 5) is 14.4. The molecule has 1 unspecified atom stereocenters. The molecule has 0 aliphatic carbocycles. The smallest absolute Gasteiger partial charge is 0.241 e. The van der Waals surface area contributed by atoms with Crippen LogP contribution in [0.1, 0.15) is 12.5 Å². The van der Waals surface area contributed by atoms with E-state index in [-0.39, 0.29) is 18.7 Å². The first-order valence-corrected chi connectivity index (χ1v) is 8.54. The van der Waals surface area contributed by atoms with Gasteiger partial charge < -0.3 is 14.8 Å². The number of fused-ring (bicyclic) bond motifs is 1. The predicted molar refractivity (Wildman–Crippen MR) is 98.6 cm³/mol. The minimum atomic E-state index is -0.361. The lowest BCUT2D eigenvalue weighted by Crippen LogP contribution is -2.39. The highest BCUT2D eigenvalue weighted by atomic mass is 35.5. The number of benzene rings is 2. The van der Waals surface area contributed by atoms with Crippen molar-refractivity contribution in [3.63, 3.8) is 0 Å². The van der Waals surface area contributed by atoms with E-state index >= 15 is 0 Å². The molecule has 0 bridgehead atoms. The molecule has 1 heterocycles. The van der Waals surface area contributed by atoms with Crippen LogP contribution in [0, 0.1) is 0 Å². The van der Waals surface area contributed by atoms with Gasteiger partial charge in [0, 0.05) is 11.6 Å². The molecule has 0 fully saturated rings. The Morgan fingerprint density at radius 3 is 2.76 bits per heavy atom. The lowest BCUT2D eigenvalue weighted by atomic mass is 10.1. The summed E-state index contributed by atoms with van der Waals surface area (Å²) in [7, 11) is 1.88. The molecule has 2 aromatic carbocycles. The summed E-state index contributed by atoms with van der Waals surface area (Å²) in [6, 6.07) is 10.4. The number of hydrogen-bond donors (Lipinski definition) is 1. The van der Waals surface area contributed by atoms with Gasteiger partial charge in [-0.1, -0.05) is 29.3 Å². The Labute approximate surface area is 156 Å². The van der Waals surface area contributed by atoms with Crippen molar-refractivity contribution in [3.05, 3.63) is 52.0 Å². The van der Waals surface area contributed by atoms with E-state index in [0.29, 0.717) is 22.3 Å². The van der Waals surface area contributed by atoms with E-state index in [0.717, 1.165) is 17.1 Å². The first-order chi connectivity index (χ1) is 11.9. The fourth-order valence-electron chi connectivity index (χ4n) is 2.49. The van der Waals surface area contributed by atoms with Crippen LogP contribution in [0.25, 0.3) is 0 Å². The Hall–Kier alpha value is -1.95. The van der Waals surface area contributed by atoms with E-state index in [2.05, 4.69) is 5.32 Å². The molecular formula is C18H18Cl2N2O3. The quantitative estimate of drug-likeness (QED) is 0.844. The maximum absolute atomic E-state index is 12.5. The molecule has 5 nitrogen and oxygen atoms in total. The van der Waals surface area contributed by atoms with Gasteiger partial charge in [0.15, 0.2) is 11.5 Å².